The van der Waals surface area contributed by atoms with Crippen LogP contribution in [0, 0.1) is 0 Å². The highest BCUT2D eigenvalue weighted by molar-refractivity contribution is 7.89. The van der Waals surface area contributed by atoms with Gasteiger partial charge in [0.25, 0.3) is 0 Å². The number of carbonyl (C=O) groups is 1. The van der Waals surface area contributed by atoms with Crippen molar-refractivity contribution in [1.29, 1.82) is 0 Å². The van der Waals surface area contributed by atoms with Crippen molar-refractivity contribution in [2.45, 2.75) is 23.8 Å². The van der Waals surface area contributed by atoms with Crippen LogP contribution >= 0.6 is 11.6 Å². The second-order valence-corrected chi connectivity index (χ2v) is 9.71. The molecule has 0 unspecified atom stereocenters. The smallest absolute Gasteiger partial charge is 0.242 e. The van der Waals surface area contributed by atoms with Crippen molar-refractivity contribution >= 4 is 33.2 Å². The predicted molar refractivity (Wildman–Crippen MR) is 110 cm³/mol. The van der Waals surface area contributed by atoms with Gasteiger partial charge < -0.3 is 9.88 Å². The molecule has 0 aliphatic carbocycles. The van der Waals surface area contributed by atoms with E-state index < -0.39 is 10.0 Å². The first kappa shape index (κ1) is 20.9. The van der Waals surface area contributed by atoms with Crippen molar-refractivity contribution in [3.8, 4) is 0 Å². The Morgan fingerprint density at radius 1 is 1.32 bits per heavy atom. The Morgan fingerprint density at radius 3 is 2.71 bits per heavy atom. The number of aryl methyl sites for hydroxylation is 1. The van der Waals surface area contributed by atoms with Crippen molar-refractivity contribution in [2.24, 2.45) is 7.05 Å². The molecule has 1 aromatic carbocycles. The third-order valence-electron chi connectivity index (χ3n) is 5.03. The molecule has 2 aromatic rings. The summed E-state index contributed by atoms with van der Waals surface area (Å²) in [5, 5.41) is 3.06. The number of hydrogen-bond donors (Lipinski definition) is 1. The molecule has 1 aromatic heterocycles. The maximum absolute atomic E-state index is 12.6. The Morgan fingerprint density at radius 2 is 2.07 bits per heavy atom. The molecule has 0 saturated carbocycles. The Balaban J connectivity index is 1.74. The lowest BCUT2D eigenvalue weighted by molar-refractivity contribution is -0.117. The molecule has 28 heavy (non-hydrogen) atoms. The van der Waals surface area contributed by atoms with E-state index in [0.717, 1.165) is 23.7 Å². The van der Waals surface area contributed by atoms with E-state index in [4.69, 9.17) is 11.6 Å². The van der Waals surface area contributed by atoms with Crippen molar-refractivity contribution in [1.82, 2.24) is 13.8 Å². The minimum Gasteiger partial charge on any atom is -0.353 e. The molecule has 9 heteroatoms. The number of hydrogen-bond acceptors (Lipinski definition) is 4. The van der Waals surface area contributed by atoms with E-state index in [9.17, 15) is 13.2 Å². The monoisotopic (exact) mass is 424 g/mol. The third kappa shape index (κ3) is 4.25. The van der Waals surface area contributed by atoms with Crippen LogP contribution in [-0.4, -0.2) is 55.3 Å². The molecule has 1 amide bonds. The Hall–Kier alpha value is -1.87. The minimum atomic E-state index is -3.61. The molecule has 1 N–H and O–H groups in total. The summed E-state index contributed by atoms with van der Waals surface area (Å²) in [7, 11) is 1.31. The van der Waals surface area contributed by atoms with Crippen molar-refractivity contribution in [3.63, 3.8) is 0 Å². The number of nitrogens with zero attached hydrogens (tertiary/aromatic N) is 3. The number of likely N-dealkylation sites (tertiary alicyclic amines) is 1. The molecule has 1 atom stereocenters. The average molecular weight is 425 g/mol. The van der Waals surface area contributed by atoms with Gasteiger partial charge in [-0.15, -0.1) is 0 Å². The molecule has 152 valence electrons. The number of amides is 1. The zero-order valence-corrected chi connectivity index (χ0v) is 17.8. The molecule has 1 fully saturated rings. The van der Waals surface area contributed by atoms with Gasteiger partial charge in [0.05, 0.1) is 28.2 Å². The molecular formula is C19H25ClN4O3S. The number of carbonyl (C=O) groups excluding carboxylic acids is 1. The fourth-order valence-corrected chi connectivity index (χ4v) is 4.61. The Labute approximate surface area is 170 Å². The summed E-state index contributed by atoms with van der Waals surface area (Å²) in [5.74, 6) is -0.220. The van der Waals surface area contributed by atoms with Gasteiger partial charge in [0.2, 0.25) is 15.9 Å². The summed E-state index contributed by atoms with van der Waals surface area (Å²) in [6.45, 7) is 1.06. The second-order valence-electron chi connectivity index (χ2n) is 7.15. The number of benzene rings is 1. The van der Waals surface area contributed by atoms with Crippen molar-refractivity contribution in [2.75, 3.05) is 32.5 Å². The molecule has 0 radical (unpaired) electrons. The fraction of sp³-hybridized carbons (Fsp3) is 0.421. The number of anilines is 1. The van der Waals surface area contributed by atoms with E-state index in [1.807, 2.05) is 19.3 Å². The molecule has 1 saturated heterocycles. The van der Waals surface area contributed by atoms with Gasteiger partial charge in [-0.3, -0.25) is 9.69 Å². The lowest BCUT2D eigenvalue weighted by Gasteiger charge is -2.24. The van der Waals surface area contributed by atoms with Crippen LogP contribution in [0.2, 0.25) is 5.02 Å². The minimum absolute atomic E-state index is 0.0834. The first-order valence-electron chi connectivity index (χ1n) is 9.07. The summed E-state index contributed by atoms with van der Waals surface area (Å²) in [6.07, 6.45) is 4.03. The Kier molecular flexibility index (Phi) is 6.14. The van der Waals surface area contributed by atoms with E-state index in [0.29, 0.717) is 10.7 Å². The van der Waals surface area contributed by atoms with Crippen LogP contribution in [0.1, 0.15) is 24.6 Å². The molecule has 1 aliphatic rings. The first-order chi connectivity index (χ1) is 13.2. The number of halogens is 1. The number of sulfonamides is 1. The third-order valence-corrected chi connectivity index (χ3v) is 7.17. The summed E-state index contributed by atoms with van der Waals surface area (Å²) >= 11 is 6.18. The van der Waals surface area contributed by atoms with E-state index in [1.54, 1.807) is 0 Å². The van der Waals surface area contributed by atoms with Crippen LogP contribution < -0.4 is 5.32 Å². The maximum atomic E-state index is 12.6. The highest BCUT2D eigenvalue weighted by Gasteiger charge is 2.29. The SMILES string of the molecule is CN(C)S(=O)(=O)c1ccc(Cl)c(NC(=O)CN2CCC[C@H]2c2cccn2C)c1. The van der Waals surface area contributed by atoms with Gasteiger partial charge in [-0.2, -0.15) is 0 Å². The second kappa shape index (κ2) is 8.24. The van der Waals surface area contributed by atoms with Gasteiger partial charge in [-0.05, 0) is 49.7 Å². The summed E-state index contributed by atoms with van der Waals surface area (Å²) in [6, 6.07) is 8.58. The summed E-state index contributed by atoms with van der Waals surface area (Å²) in [4.78, 5) is 14.9. The quantitative estimate of drug-likeness (QED) is 0.773. The van der Waals surface area contributed by atoms with Gasteiger partial charge >= 0.3 is 0 Å². The average Bonchev–Trinajstić information content (AvgIpc) is 3.24. The molecule has 2 heterocycles. The molecule has 3 rings (SSSR count). The van der Waals surface area contributed by atoms with Gasteiger partial charge in [0, 0.05) is 33.0 Å². The molecule has 0 spiro atoms. The largest absolute Gasteiger partial charge is 0.353 e. The summed E-state index contributed by atoms with van der Waals surface area (Å²) in [5.41, 5.74) is 1.48. The zero-order chi connectivity index (χ0) is 20.5. The van der Waals surface area contributed by atoms with Crippen LogP contribution in [0.15, 0.2) is 41.4 Å². The van der Waals surface area contributed by atoms with E-state index in [-0.39, 0.29) is 23.4 Å². The highest BCUT2D eigenvalue weighted by atomic mass is 35.5. The first-order valence-corrected chi connectivity index (χ1v) is 10.9. The standard InChI is InChI=1S/C19H25ClN4O3S/c1-22(2)28(26,27)14-8-9-15(20)16(12-14)21-19(25)13-24-11-5-7-18(24)17-6-4-10-23(17)3/h4,6,8-10,12,18H,5,7,11,13H2,1-3H3,(H,21,25)/t18-/m0/s1. The van der Waals surface area contributed by atoms with Crippen LogP contribution in [0.3, 0.4) is 0 Å². The Bertz CT molecular complexity index is 971. The highest BCUT2D eigenvalue weighted by Crippen LogP contribution is 2.32. The van der Waals surface area contributed by atoms with Crippen LogP contribution in [0.4, 0.5) is 5.69 Å². The van der Waals surface area contributed by atoms with Crippen LogP contribution in [0.5, 0.6) is 0 Å². The van der Waals surface area contributed by atoms with Crippen molar-refractivity contribution in [3.05, 3.63) is 47.2 Å². The summed E-state index contributed by atoms with van der Waals surface area (Å²) < 4.78 is 27.8. The zero-order valence-electron chi connectivity index (χ0n) is 16.2. The number of rotatable bonds is 6. The lowest BCUT2D eigenvalue weighted by Crippen LogP contribution is -2.33. The van der Waals surface area contributed by atoms with E-state index >= 15 is 0 Å². The van der Waals surface area contributed by atoms with Gasteiger partial charge in [-0.1, -0.05) is 11.6 Å². The predicted octanol–water partition coefficient (Wildman–Crippen LogP) is 2.70. The van der Waals surface area contributed by atoms with Gasteiger partial charge in [-0.25, -0.2) is 12.7 Å². The van der Waals surface area contributed by atoms with Crippen LogP contribution in [-0.2, 0) is 21.9 Å². The topological polar surface area (TPSA) is 74.7 Å². The van der Waals surface area contributed by atoms with Gasteiger partial charge in [0.15, 0.2) is 0 Å². The van der Waals surface area contributed by atoms with E-state index in [1.165, 1.54) is 38.0 Å². The normalized spacial score (nSPS) is 18.0. The molecular weight excluding hydrogens is 400 g/mol. The van der Waals surface area contributed by atoms with Crippen molar-refractivity contribution < 1.29 is 13.2 Å². The van der Waals surface area contributed by atoms with E-state index in [2.05, 4.69) is 20.9 Å². The number of aromatic nitrogens is 1. The maximum Gasteiger partial charge on any atom is 0.242 e. The molecule has 0 bridgehead atoms. The lowest BCUT2D eigenvalue weighted by atomic mass is 10.1. The van der Waals surface area contributed by atoms with Crippen LogP contribution in [0.25, 0.3) is 0 Å². The molecule has 7 nitrogen and oxygen atoms in total. The number of nitrogens with one attached hydrogen (secondary N) is 1. The molecule has 1 aliphatic heterocycles. The van der Waals surface area contributed by atoms with Gasteiger partial charge in [0.1, 0.15) is 0 Å². The fourth-order valence-electron chi connectivity index (χ4n) is 3.52.